The van der Waals surface area contributed by atoms with E-state index in [0.29, 0.717) is 12.1 Å². The third kappa shape index (κ3) is 2.62. The first-order valence-electron chi connectivity index (χ1n) is 6.15. The molecule has 0 bridgehead atoms. The molecule has 0 radical (unpaired) electrons. The molecule has 2 aromatic rings. The minimum absolute atomic E-state index is 0.0118. The Morgan fingerprint density at radius 1 is 1.45 bits per heavy atom. The summed E-state index contributed by atoms with van der Waals surface area (Å²) in [5, 5.41) is 8.90. The molecule has 1 atom stereocenters. The summed E-state index contributed by atoms with van der Waals surface area (Å²) >= 11 is 0. The molecule has 2 rings (SSSR count). The van der Waals surface area contributed by atoms with E-state index in [-0.39, 0.29) is 17.1 Å². The van der Waals surface area contributed by atoms with Crippen molar-refractivity contribution in [2.45, 2.75) is 31.3 Å². The Labute approximate surface area is 115 Å². The van der Waals surface area contributed by atoms with Crippen molar-refractivity contribution in [3.05, 3.63) is 28.7 Å². The van der Waals surface area contributed by atoms with Crippen molar-refractivity contribution in [3.63, 3.8) is 0 Å². The predicted molar refractivity (Wildman–Crippen MR) is 73.0 cm³/mol. The van der Waals surface area contributed by atoms with E-state index in [1.54, 1.807) is 13.8 Å². The molecule has 1 aromatic carbocycles. The summed E-state index contributed by atoms with van der Waals surface area (Å²) in [5.74, 6) is -0.520. The molecule has 0 unspecified atom stereocenters. The van der Waals surface area contributed by atoms with Gasteiger partial charge in [-0.25, -0.2) is 17.9 Å². The molecule has 7 nitrogen and oxygen atoms in total. The maximum atomic E-state index is 12.1. The van der Waals surface area contributed by atoms with Crippen LogP contribution in [0.3, 0.4) is 0 Å². The fourth-order valence-electron chi connectivity index (χ4n) is 1.88. The number of fused-ring (bicyclic) bond motifs is 1. The highest BCUT2D eigenvalue weighted by Crippen LogP contribution is 2.18. The van der Waals surface area contributed by atoms with E-state index in [1.807, 2.05) is 0 Å². The summed E-state index contributed by atoms with van der Waals surface area (Å²) < 4.78 is 32.9. The number of hydrogen-bond acceptors (Lipinski definition) is 5. The van der Waals surface area contributed by atoms with Crippen molar-refractivity contribution >= 4 is 21.1 Å². The number of rotatable bonds is 5. The first kappa shape index (κ1) is 14.8. The molecule has 0 aliphatic carbocycles. The Hall–Kier alpha value is -1.64. The van der Waals surface area contributed by atoms with Crippen molar-refractivity contribution in [1.29, 1.82) is 0 Å². The van der Waals surface area contributed by atoms with E-state index in [1.165, 1.54) is 22.8 Å². The SMILES string of the molecule is CCn1c(=O)oc2cc(S(=O)(=O)N[C@@H](C)CO)ccc21. The number of aliphatic hydroxyl groups excluding tert-OH is 1. The Balaban J connectivity index is 2.50. The van der Waals surface area contributed by atoms with Gasteiger partial charge in [-0.05, 0) is 26.0 Å². The second kappa shape index (κ2) is 5.39. The molecule has 0 saturated carbocycles. The van der Waals surface area contributed by atoms with E-state index in [4.69, 9.17) is 9.52 Å². The molecule has 0 aliphatic rings. The van der Waals surface area contributed by atoms with E-state index in [9.17, 15) is 13.2 Å². The molecule has 110 valence electrons. The van der Waals surface area contributed by atoms with E-state index in [2.05, 4.69) is 4.72 Å². The Bertz CT molecular complexity index is 775. The van der Waals surface area contributed by atoms with Crippen LogP contribution >= 0.6 is 0 Å². The number of aryl methyl sites for hydroxylation is 1. The number of benzene rings is 1. The molecule has 0 fully saturated rings. The largest absolute Gasteiger partial charge is 0.419 e. The highest BCUT2D eigenvalue weighted by atomic mass is 32.2. The maximum absolute atomic E-state index is 12.1. The van der Waals surface area contributed by atoms with Crippen LogP contribution in [0.2, 0.25) is 0 Å². The number of aliphatic hydroxyl groups is 1. The quantitative estimate of drug-likeness (QED) is 0.825. The van der Waals surface area contributed by atoms with Crippen LogP contribution in [0.1, 0.15) is 13.8 Å². The monoisotopic (exact) mass is 300 g/mol. The molecule has 0 spiro atoms. The van der Waals surface area contributed by atoms with Crippen LogP contribution in [0.4, 0.5) is 0 Å². The van der Waals surface area contributed by atoms with Crippen LogP contribution in [0, 0.1) is 0 Å². The highest BCUT2D eigenvalue weighted by Gasteiger charge is 2.19. The zero-order valence-corrected chi connectivity index (χ0v) is 12.0. The summed E-state index contributed by atoms with van der Waals surface area (Å²) in [6.45, 7) is 3.48. The zero-order valence-electron chi connectivity index (χ0n) is 11.2. The van der Waals surface area contributed by atoms with Gasteiger partial charge in [0.2, 0.25) is 10.0 Å². The van der Waals surface area contributed by atoms with Gasteiger partial charge in [-0.3, -0.25) is 4.57 Å². The molecule has 2 N–H and O–H groups in total. The van der Waals surface area contributed by atoms with Crippen LogP contribution < -0.4 is 10.5 Å². The van der Waals surface area contributed by atoms with Gasteiger partial charge < -0.3 is 9.52 Å². The van der Waals surface area contributed by atoms with Gasteiger partial charge in [-0.15, -0.1) is 0 Å². The Morgan fingerprint density at radius 2 is 2.15 bits per heavy atom. The fourth-order valence-corrected chi connectivity index (χ4v) is 3.13. The topological polar surface area (TPSA) is 102 Å². The minimum atomic E-state index is -3.75. The van der Waals surface area contributed by atoms with Gasteiger partial charge in [0.05, 0.1) is 17.0 Å². The van der Waals surface area contributed by atoms with Gasteiger partial charge >= 0.3 is 5.76 Å². The number of aromatic nitrogens is 1. The molecule has 0 saturated heterocycles. The lowest BCUT2D eigenvalue weighted by atomic mass is 10.3. The third-order valence-electron chi connectivity index (χ3n) is 2.90. The maximum Gasteiger partial charge on any atom is 0.419 e. The molecule has 0 aliphatic heterocycles. The van der Waals surface area contributed by atoms with Crippen molar-refractivity contribution in [2.24, 2.45) is 0 Å². The summed E-state index contributed by atoms with van der Waals surface area (Å²) in [4.78, 5) is 11.5. The highest BCUT2D eigenvalue weighted by molar-refractivity contribution is 7.89. The number of nitrogens with one attached hydrogen (secondary N) is 1. The average molecular weight is 300 g/mol. The van der Waals surface area contributed by atoms with E-state index >= 15 is 0 Å². The van der Waals surface area contributed by atoms with Gasteiger partial charge in [0.25, 0.3) is 0 Å². The number of nitrogens with zero attached hydrogens (tertiary/aromatic N) is 1. The van der Waals surface area contributed by atoms with Crippen molar-refractivity contribution in [3.8, 4) is 0 Å². The summed E-state index contributed by atoms with van der Waals surface area (Å²) in [6.07, 6.45) is 0. The summed E-state index contributed by atoms with van der Waals surface area (Å²) in [7, 11) is -3.75. The predicted octanol–water partition coefficient (Wildman–Crippen LogP) is 0.273. The molecular formula is C12H16N2O5S. The number of oxazole rings is 1. The zero-order chi connectivity index (χ0) is 14.9. The standard InChI is InChI=1S/C12H16N2O5S/c1-3-14-10-5-4-9(6-11(10)19-12(14)16)20(17,18)13-8(2)7-15/h4-6,8,13,15H,3,7H2,1-2H3/t8-/m0/s1. The van der Waals surface area contributed by atoms with Crippen molar-refractivity contribution < 1.29 is 17.9 Å². The second-order valence-corrected chi connectivity index (χ2v) is 6.16. The molecule has 1 heterocycles. The number of sulfonamides is 1. The molecule has 0 amide bonds. The lowest BCUT2D eigenvalue weighted by Gasteiger charge is -2.11. The molecular weight excluding hydrogens is 284 g/mol. The molecule has 1 aromatic heterocycles. The van der Waals surface area contributed by atoms with E-state index in [0.717, 1.165) is 0 Å². The lowest BCUT2D eigenvalue weighted by Crippen LogP contribution is -2.34. The van der Waals surface area contributed by atoms with Gasteiger partial charge in [-0.2, -0.15) is 0 Å². The van der Waals surface area contributed by atoms with Gasteiger partial charge in [0.15, 0.2) is 5.58 Å². The number of hydrogen-bond donors (Lipinski definition) is 2. The first-order chi connectivity index (χ1) is 9.39. The lowest BCUT2D eigenvalue weighted by molar-refractivity contribution is 0.265. The average Bonchev–Trinajstić information content (AvgIpc) is 2.72. The van der Waals surface area contributed by atoms with Crippen LogP contribution in [0.15, 0.2) is 32.3 Å². The third-order valence-corrected chi connectivity index (χ3v) is 4.48. The van der Waals surface area contributed by atoms with E-state index < -0.39 is 21.8 Å². The summed E-state index contributed by atoms with van der Waals surface area (Å²) in [5.41, 5.74) is 0.767. The Kier molecular flexibility index (Phi) is 3.98. The molecule has 20 heavy (non-hydrogen) atoms. The second-order valence-electron chi connectivity index (χ2n) is 4.45. The van der Waals surface area contributed by atoms with Gasteiger partial charge in [-0.1, -0.05) is 0 Å². The smallest absolute Gasteiger partial charge is 0.408 e. The Morgan fingerprint density at radius 3 is 2.75 bits per heavy atom. The minimum Gasteiger partial charge on any atom is -0.408 e. The van der Waals surface area contributed by atoms with Crippen LogP contribution in [0.25, 0.3) is 11.1 Å². The van der Waals surface area contributed by atoms with Crippen LogP contribution in [-0.2, 0) is 16.6 Å². The normalized spacial score (nSPS) is 13.8. The first-order valence-corrected chi connectivity index (χ1v) is 7.64. The van der Waals surface area contributed by atoms with Crippen LogP contribution in [-0.4, -0.2) is 30.7 Å². The van der Waals surface area contributed by atoms with Gasteiger partial charge in [0.1, 0.15) is 0 Å². The fraction of sp³-hybridized carbons (Fsp3) is 0.417. The van der Waals surface area contributed by atoms with Gasteiger partial charge in [0, 0.05) is 18.7 Å². The summed E-state index contributed by atoms with van der Waals surface area (Å²) in [6, 6.07) is 3.63. The van der Waals surface area contributed by atoms with Crippen LogP contribution in [0.5, 0.6) is 0 Å². The molecule has 8 heteroatoms. The van der Waals surface area contributed by atoms with Crippen molar-refractivity contribution in [1.82, 2.24) is 9.29 Å². The van der Waals surface area contributed by atoms with Crippen molar-refractivity contribution in [2.75, 3.05) is 6.61 Å².